The normalized spacial score (nSPS) is 10.8. The predicted molar refractivity (Wildman–Crippen MR) is 64.9 cm³/mol. The molecule has 80 valence electrons. The molecule has 0 saturated heterocycles. The summed E-state index contributed by atoms with van der Waals surface area (Å²) in [6, 6.07) is 12.0. The molecule has 16 heavy (non-hydrogen) atoms. The molecule has 2 heterocycles. The number of para-hydroxylation sites is 1. The van der Waals surface area contributed by atoms with E-state index >= 15 is 0 Å². The van der Waals surface area contributed by atoms with Crippen LogP contribution in [0.4, 0.5) is 0 Å². The van der Waals surface area contributed by atoms with E-state index in [0.29, 0.717) is 6.61 Å². The fourth-order valence-electron chi connectivity index (χ4n) is 1.61. The van der Waals surface area contributed by atoms with Gasteiger partial charge in [0, 0.05) is 4.88 Å². The molecule has 0 aliphatic rings. The molecule has 0 saturated carbocycles. The number of fused-ring (bicyclic) bond motifs is 1. The van der Waals surface area contributed by atoms with Crippen molar-refractivity contribution in [3.05, 3.63) is 52.9 Å². The quantitative estimate of drug-likeness (QED) is 0.676. The Labute approximate surface area is 97.1 Å². The minimum Gasteiger partial charge on any atom is -0.484 e. The molecule has 0 N–H and O–H groups in total. The third-order valence-corrected chi connectivity index (χ3v) is 3.25. The van der Waals surface area contributed by atoms with Gasteiger partial charge in [0.2, 0.25) is 0 Å². The number of hydrogen-bond acceptors (Lipinski definition) is 3. The average Bonchev–Trinajstić information content (AvgIpc) is 2.96. The molecule has 3 rings (SSSR count). The van der Waals surface area contributed by atoms with Crippen LogP contribution in [0.2, 0.25) is 0 Å². The van der Waals surface area contributed by atoms with Gasteiger partial charge in [-0.05, 0) is 23.6 Å². The van der Waals surface area contributed by atoms with E-state index in [2.05, 4.69) is 6.07 Å². The van der Waals surface area contributed by atoms with Gasteiger partial charge in [0.05, 0.1) is 5.39 Å². The van der Waals surface area contributed by atoms with Gasteiger partial charge < -0.3 is 9.15 Å². The molecule has 3 heteroatoms. The number of thiophene rings is 1. The van der Waals surface area contributed by atoms with E-state index in [0.717, 1.165) is 16.7 Å². The summed E-state index contributed by atoms with van der Waals surface area (Å²) in [6.07, 6.45) is 1.66. The second kappa shape index (κ2) is 4.02. The Kier molecular flexibility index (Phi) is 2.38. The van der Waals surface area contributed by atoms with Gasteiger partial charge in [-0.3, -0.25) is 0 Å². The van der Waals surface area contributed by atoms with Crippen LogP contribution in [-0.4, -0.2) is 0 Å². The van der Waals surface area contributed by atoms with Crippen LogP contribution in [-0.2, 0) is 6.61 Å². The van der Waals surface area contributed by atoms with E-state index in [1.807, 2.05) is 35.7 Å². The Morgan fingerprint density at radius 1 is 1.12 bits per heavy atom. The van der Waals surface area contributed by atoms with E-state index in [1.54, 1.807) is 17.6 Å². The van der Waals surface area contributed by atoms with Crippen molar-refractivity contribution in [2.24, 2.45) is 0 Å². The summed E-state index contributed by atoms with van der Waals surface area (Å²) in [6.45, 7) is 0.598. The van der Waals surface area contributed by atoms with Gasteiger partial charge in [0.15, 0.2) is 5.75 Å². The van der Waals surface area contributed by atoms with Crippen molar-refractivity contribution in [3.63, 3.8) is 0 Å². The molecule has 0 bridgehead atoms. The number of rotatable bonds is 3. The Bertz CT molecular complexity index is 581. The van der Waals surface area contributed by atoms with E-state index in [1.165, 1.54) is 4.88 Å². The summed E-state index contributed by atoms with van der Waals surface area (Å²) in [7, 11) is 0. The summed E-state index contributed by atoms with van der Waals surface area (Å²) < 4.78 is 11.1. The molecule has 0 aliphatic heterocycles. The van der Waals surface area contributed by atoms with Crippen molar-refractivity contribution in [1.29, 1.82) is 0 Å². The van der Waals surface area contributed by atoms with Crippen LogP contribution >= 0.6 is 11.3 Å². The van der Waals surface area contributed by atoms with Crippen LogP contribution in [0.5, 0.6) is 5.75 Å². The van der Waals surface area contributed by atoms with Crippen molar-refractivity contribution in [1.82, 2.24) is 0 Å². The van der Waals surface area contributed by atoms with Crippen molar-refractivity contribution < 1.29 is 9.15 Å². The molecule has 0 amide bonds. The molecular weight excluding hydrogens is 220 g/mol. The highest BCUT2D eigenvalue weighted by Crippen LogP contribution is 2.28. The maximum Gasteiger partial charge on any atom is 0.165 e. The minimum atomic E-state index is 0.598. The first-order chi connectivity index (χ1) is 7.93. The highest BCUT2D eigenvalue weighted by molar-refractivity contribution is 7.09. The molecule has 0 spiro atoms. The second-order valence-electron chi connectivity index (χ2n) is 3.46. The van der Waals surface area contributed by atoms with Gasteiger partial charge in [-0.1, -0.05) is 18.2 Å². The lowest BCUT2D eigenvalue weighted by Crippen LogP contribution is -1.91. The Balaban J connectivity index is 1.84. The topological polar surface area (TPSA) is 22.4 Å². The third-order valence-electron chi connectivity index (χ3n) is 2.40. The molecule has 0 fully saturated rings. The van der Waals surface area contributed by atoms with Gasteiger partial charge in [0.25, 0.3) is 0 Å². The monoisotopic (exact) mass is 230 g/mol. The number of hydrogen-bond donors (Lipinski definition) is 0. The first kappa shape index (κ1) is 9.48. The first-order valence-corrected chi connectivity index (χ1v) is 5.93. The highest BCUT2D eigenvalue weighted by atomic mass is 32.1. The molecule has 0 unspecified atom stereocenters. The Morgan fingerprint density at radius 2 is 2.06 bits per heavy atom. The van der Waals surface area contributed by atoms with Gasteiger partial charge in [0.1, 0.15) is 18.5 Å². The van der Waals surface area contributed by atoms with Crippen molar-refractivity contribution in [2.45, 2.75) is 6.61 Å². The second-order valence-corrected chi connectivity index (χ2v) is 4.50. The van der Waals surface area contributed by atoms with E-state index in [9.17, 15) is 0 Å². The zero-order valence-corrected chi connectivity index (χ0v) is 9.37. The third kappa shape index (κ3) is 1.70. The largest absolute Gasteiger partial charge is 0.484 e. The maximum absolute atomic E-state index is 5.72. The van der Waals surface area contributed by atoms with Crippen LogP contribution in [0, 0.1) is 0 Å². The van der Waals surface area contributed by atoms with Crippen LogP contribution in [0.1, 0.15) is 4.88 Å². The predicted octanol–water partition coefficient (Wildman–Crippen LogP) is 4.07. The summed E-state index contributed by atoms with van der Waals surface area (Å²) in [4.78, 5) is 1.21. The molecule has 0 atom stereocenters. The molecule has 2 nitrogen and oxygen atoms in total. The lowest BCUT2D eigenvalue weighted by atomic mass is 10.2. The van der Waals surface area contributed by atoms with Crippen molar-refractivity contribution >= 4 is 22.3 Å². The van der Waals surface area contributed by atoms with E-state index in [-0.39, 0.29) is 0 Å². The van der Waals surface area contributed by atoms with Crippen molar-refractivity contribution in [2.75, 3.05) is 0 Å². The summed E-state index contributed by atoms with van der Waals surface area (Å²) in [5.74, 6) is 0.809. The fourth-order valence-corrected chi connectivity index (χ4v) is 2.22. The van der Waals surface area contributed by atoms with Gasteiger partial charge in [-0.25, -0.2) is 0 Å². The van der Waals surface area contributed by atoms with Crippen LogP contribution in [0.15, 0.2) is 52.5 Å². The summed E-state index contributed by atoms with van der Waals surface area (Å²) >= 11 is 1.69. The fraction of sp³-hybridized carbons (Fsp3) is 0.0769. The van der Waals surface area contributed by atoms with Crippen LogP contribution in [0.3, 0.4) is 0 Å². The van der Waals surface area contributed by atoms with E-state index < -0.39 is 0 Å². The average molecular weight is 230 g/mol. The molecular formula is C13H10O2S. The number of furan rings is 1. The molecule has 0 aliphatic carbocycles. The van der Waals surface area contributed by atoms with Gasteiger partial charge in [-0.15, -0.1) is 11.3 Å². The minimum absolute atomic E-state index is 0.598. The SMILES string of the molecule is c1csc(COc2coc3ccccc23)c1. The standard InChI is InChI=1S/C13H10O2S/c1-2-6-12-11(5-1)13(9-15-12)14-8-10-4-3-7-16-10/h1-7,9H,8H2. The molecule has 3 aromatic rings. The maximum atomic E-state index is 5.72. The zero-order chi connectivity index (χ0) is 10.8. The summed E-state index contributed by atoms with van der Waals surface area (Å²) in [5, 5.41) is 3.07. The lowest BCUT2D eigenvalue weighted by Gasteiger charge is -2.00. The van der Waals surface area contributed by atoms with Crippen LogP contribution in [0.25, 0.3) is 11.0 Å². The van der Waals surface area contributed by atoms with Crippen LogP contribution < -0.4 is 4.74 Å². The molecule has 0 radical (unpaired) electrons. The number of ether oxygens (including phenoxy) is 1. The Hall–Kier alpha value is -1.74. The highest BCUT2D eigenvalue weighted by Gasteiger charge is 2.05. The molecule has 2 aromatic heterocycles. The molecule has 1 aromatic carbocycles. The summed E-state index contributed by atoms with van der Waals surface area (Å²) in [5.41, 5.74) is 0.865. The van der Waals surface area contributed by atoms with Gasteiger partial charge >= 0.3 is 0 Å². The van der Waals surface area contributed by atoms with E-state index in [4.69, 9.17) is 9.15 Å². The first-order valence-electron chi connectivity index (χ1n) is 5.05. The Morgan fingerprint density at radius 3 is 2.94 bits per heavy atom. The van der Waals surface area contributed by atoms with Gasteiger partial charge in [-0.2, -0.15) is 0 Å². The number of benzene rings is 1. The smallest absolute Gasteiger partial charge is 0.165 e. The van der Waals surface area contributed by atoms with Crippen molar-refractivity contribution in [3.8, 4) is 5.75 Å². The lowest BCUT2D eigenvalue weighted by molar-refractivity contribution is 0.309. The zero-order valence-electron chi connectivity index (χ0n) is 8.55.